The van der Waals surface area contributed by atoms with Gasteiger partial charge in [-0.15, -0.1) is 0 Å². The van der Waals surface area contributed by atoms with E-state index in [-0.39, 0.29) is 18.6 Å². The maximum atomic E-state index is 12.3. The molecule has 3 N–H and O–H groups in total. The number of anilines is 2. The van der Waals surface area contributed by atoms with E-state index in [1.807, 2.05) is 49.4 Å². The molecular formula is C21H28N2O2. The van der Waals surface area contributed by atoms with Gasteiger partial charge in [0.25, 0.3) is 0 Å². The first-order chi connectivity index (χ1) is 12.0. The molecule has 0 fully saturated rings. The van der Waals surface area contributed by atoms with Crippen molar-refractivity contribution in [1.82, 2.24) is 0 Å². The van der Waals surface area contributed by atoms with Gasteiger partial charge >= 0.3 is 0 Å². The number of aliphatic hydroxyl groups excluding tert-OH is 1. The summed E-state index contributed by atoms with van der Waals surface area (Å²) in [4.78, 5) is 12.3. The second-order valence-corrected chi connectivity index (χ2v) is 6.71. The first-order valence-corrected chi connectivity index (χ1v) is 8.84. The predicted octanol–water partition coefficient (Wildman–Crippen LogP) is 4.17. The Bertz CT molecular complexity index is 681. The Labute approximate surface area is 150 Å². The summed E-state index contributed by atoms with van der Waals surface area (Å²) in [6, 6.07) is 15.9. The maximum absolute atomic E-state index is 12.3. The summed E-state index contributed by atoms with van der Waals surface area (Å²) in [5.74, 6) is 0.370. The molecular weight excluding hydrogens is 312 g/mol. The molecule has 2 rings (SSSR count). The standard InChI is InChI=1S/C21H28N2O2/c1-15(2)19-6-4-5-7-20(19)23-21(25)14-16(3)22-18-10-8-17(9-11-18)12-13-24/h4-11,15-16,22,24H,12-14H2,1-3H3,(H,23,25). The average Bonchev–Trinajstić information content (AvgIpc) is 2.57. The van der Waals surface area contributed by atoms with Gasteiger partial charge in [0.15, 0.2) is 0 Å². The number of rotatable bonds is 8. The van der Waals surface area contributed by atoms with Crippen LogP contribution in [0.5, 0.6) is 0 Å². The molecule has 0 aromatic heterocycles. The van der Waals surface area contributed by atoms with Crippen molar-refractivity contribution in [2.24, 2.45) is 0 Å². The van der Waals surface area contributed by atoms with Crippen molar-refractivity contribution < 1.29 is 9.90 Å². The highest BCUT2D eigenvalue weighted by Gasteiger charge is 2.12. The van der Waals surface area contributed by atoms with Gasteiger partial charge in [-0.05, 0) is 48.6 Å². The molecule has 0 radical (unpaired) electrons. The zero-order valence-corrected chi connectivity index (χ0v) is 15.3. The van der Waals surface area contributed by atoms with Crippen LogP contribution in [0, 0.1) is 0 Å². The van der Waals surface area contributed by atoms with E-state index in [9.17, 15) is 4.79 Å². The number of amides is 1. The van der Waals surface area contributed by atoms with Gasteiger partial charge in [-0.3, -0.25) is 4.79 Å². The number of carbonyl (C=O) groups excluding carboxylic acids is 1. The highest BCUT2D eigenvalue weighted by atomic mass is 16.2. The second kappa shape index (κ2) is 9.23. The van der Waals surface area contributed by atoms with Crippen LogP contribution in [0.25, 0.3) is 0 Å². The molecule has 0 aliphatic rings. The second-order valence-electron chi connectivity index (χ2n) is 6.71. The molecule has 0 aliphatic carbocycles. The van der Waals surface area contributed by atoms with Crippen LogP contribution < -0.4 is 10.6 Å². The van der Waals surface area contributed by atoms with E-state index >= 15 is 0 Å². The average molecular weight is 340 g/mol. The van der Waals surface area contributed by atoms with Crippen LogP contribution in [0.2, 0.25) is 0 Å². The van der Waals surface area contributed by atoms with E-state index in [1.165, 1.54) is 0 Å². The normalized spacial score (nSPS) is 12.0. The van der Waals surface area contributed by atoms with Gasteiger partial charge in [0.2, 0.25) is 5.91 Å². The van der Waals surface area contributed by atoms with Gasteiger partial charge in [0.1, 0.15) is 0 Å². The minimum Gasteiger partial charge on any atom is -0.396 e. The lowest BCUT2D eigenvalue weighted by Gasteiger charge is -2.17. The number of para-hydroxylation sites is 1. The van der Waals surface area contributed by atoms with Gasteiger partial charge in [0, 0.05) is 30.4 Å². The highest BCUT2D eigenvalue weighted by Crippen LogP contribution is 2.24. The molecule has 134 valence electrons. The predicted molar refractivity (Wildman–Crippen MR) is 104 cm³/mol. The summed E-state index contributed by atoms with van der Waals surface area (Å²) in [7, 11) is 0. The molecule has 1 amide bonds. The number of hydrogen-bond donors (Lipinski definition) is 3. The smallest absolute Gasteiger partial charge is 0.226 e. The van der Waals surface area contributed by atoms with Crippen LogP contribution in [0.3, 0.4) is 0 Å². The van der Waals surface area contributed by atoms with E-state index in [1.54, 1.807) is 0 Å². The lowest BCUT2D eigenvalue weighted by Crippen LogP contribution is -2.24. The molecule has 0 saturated carbocycles. The molecule has 0 bridgehead atoms. The fraction of sp³-hybridized carbons (Fsp3) is 0.381. The summed E-state index contributed by atoms with van der Waals surface area (Å²) < 4.78 is 0. The monoisotopic (exact) mass is 340 g/mol. The third-order valence-electron chi connectivity index (χ3n) is 4.12. The Hall–Kier alpha value is -2.33. The Morgan fingerprint density at radius 3 is 2.36 bits per heavy atom. The third-order valence-corrected chi connectivity index (χ3v) is 4.12. The van der Waals surface area contributed by atoms with Gasteiger partial charge in [-0.25, -0.2) is 0 Å². The Morgan fingerprint density at radius 1 is 1.04 bits per heavy atom. The van der Waals surface area contributed by atoms with Crippen molar-refractivity contribution in [3.63, 3.8) is 0 Å². The first-order valence-electron chi connectivity index (χ1n) is 8.84. The Balaban J connectivity index is 1.90. The zero-order valence-electron chi connectivity index (χ0n) is 15.3. The lowest BCUT2D eigenvalue weighted by atomic mass is 10.0. The van der Waals surface area contributed by atoms with Crippen molar-refractivity contribution >= 4 is 17.3 Å². The minimum atomic E-state index is 0.00463. The van der Waals surface area contributed by atoms with Crippen molar-refractivity contribution in [3.8, 4) is 0 Å². The van der Waals surface area contributed by atoms with E-state index < -0.39 is 0 Å². The van der Waals surface area contributed by atoms with Crippen molar-refractivity contribution in [2.75, 3.05) is 17.2 Å². The number of nitrogens with one attached hydrogen (secondary N) is 2. The van der Waals surface area contributed by atoms with Crippen molar-refractivity contribution in [3.05, 3.63) is 59.7 Å². The van der Waals surface area contributed by atoms with Crippen LogP contribution in [-0.2, 0) is 11.2 Å². The van der Waals surface area contributed by atoms with Crippen LogP contribution in [0.1, 0.15) is 44.2 Å². The topological polar surface area (TPSA) is 61.4 Å². The molecule has 0 aliphatic heterocycles. The first kappa shape index (κ1) is 19.0. The lowest BCUT2D eigenvalue weighted by molar-refractivity contribution is -0.116. The molecule has 4 heteroatoms. The summed E-state index contributed by atoms with van der Waals surface area (Å²) >= 11 is 0. The summed E-state index contributed by atoms with van der Waals surface area (Å²) in [6.07, 6.45) is 1.05. The number of hydrogen-bond acceptors (Lipinski definition) is 3. The van der Waals surface area contributed by atoms with Gasteiger partial charge in [-0.2, -0.15) is 0 Å². The van der Waals surface area contributed by atoms with Crippen molar-refractivity contribution in [1.29, 1.82) is 0 Å². The van der Waals surface area contributed by atoms with E-state index in [4.69, 9.17) is 5.11 Å². The molecule has 25 heavy (non-hydrogen) atoms. The van der Waals surface area contributed by atoms with Gasteiger partial charge in [-0.1, -0.05) is 44.2 Å². The number of carbonyl (C=O) groups is 1. The van der Waals surface area contributed by atoms with Gasteiger partial charge in [0.05, 0.1) is 0 Å². The Morgan fingerprint density at radius 2 is 1.72 bits per heavy atom. The van der Waals surface area contributed by atoms with Crippen LogP contribution in [0.15, 0.2) is 48.5 Å². The minimum absolute atomic E-state index is 0.00463. The molecule has 2 aromatic rings. The summed E-state index contributed by atoms with van der Waals surface area (Å²) in [5.41, 5.74) is 4.12. The van der Waals surface area contributed by atoms with Crippen LogP contribution in [-0.4, -0.2) is 23.7 Å². The fourth-order valence-electron chi connectivity index (χ4n) is 2.83. The molecule has 0 heterocycles. The van der Waals surface area contributed by atoms with Crippen LogP contribution in [0.4, 0.5) is 11.4 Å². The molecule has 1 unspecified atom stereocenters. The molecule has 2 aromatic carbocycles. The van der Waals surface area contributed by atoms with Crippen molar-refractivity contribution in [2.45, 2.75) is 45.6 Å². The van der Waals surface area contributed by atoms with E-state index in [0.29, 0.717) is 18.8 Å². The molecule has 0 spiro atoms. The Kier molecular flexibility index (Phi) is 7.02. The maximum Gasteiger partial charge on any atom is 0.226 e. The quantitative estimate of drug-likeness (QED) is 0.676. The number of aliphatic hydroxyl groups is 1. The van der Waals surface area contributed by atoms with E-state index in [0.717, 1.165) is 22.5 Å². The largest absolute Gasteiger partial charge is 0.396 e. The third kappa shape index (κ3) is 5.91. The zero-order chi connectivity index (χ0) is 18.2. The fourth-order valence-corrected chi connectivity index (χ4v) is 2.83. The summed E-state index contributed by atoms with van der Waals surface area (Å²) in [6.45, 7) is 6.39. The van der Waals surface area contributed by atoms with Crippen LogP contribution >= 0.6 is 0 Å². The molecule has 1 atom stereocenters. The highest BCUT2D eigenvalue weighted by molar-refractivity contribution is 5.92. The molecule has 4 nitrogen and oxygen atoms in total. The molecule has 0 saturated heterocycles. The summed E-state index contributed by atoms with van der Waals surface area (Å²) in [5, 5.41) is 15.3. The van der Waals surface area contributed by atoms with Gasteiger partial charge < -0.3 is 15.7 Å². The number of benzene rings is 2. The van der Waals surface area contributed by atoms with E-state index in [2.05, 4.69) is 30.5 Å². The SMILES string of the molecule is CC(CC(=O)Nc1ccccc1C(C)C)Nc1ccc(CCO)cc1.